The van der Waals surface area contributed by atoms with Crippen molar-refractivity contribution in [1.29, 1.82) is 0 Å². The van der Waals surface area contributed by atoms with Crippen LogP contribution in [0.4, 0.5) is 0 Å². The van der Waals surface area contributed by atoms with Gasteiger partial charge in [-0.05, 0) is 72.7 Å². The molecule has 7 nitrogen and oxygen atoms in total. The standard InChI is InChI=1S/C28H33Cl2N3O4S2/c1-17(2)12-23(33-28(35)25-13-18-6-3-4-9-24(18)38-25)27(34)31-15-19-7-5-8-20(19)16-32-39(36,37)26-11-10-21(29)14-22(26)30/h3-4,6,9-11,13-14,17,19-20,23,32H,5,7-8,12,15-16H2,1-2H3,(H,31,34)(H,33,35)/t19?,20?,23-/m0/s1. The zero-order valence-corrected chi connectivity index (χ0v) is 25.0. The van der Waals surface area contributed by atoms with Crippen LogP contribution >= 0.6 is 34.5 Å². The van der Waals surface area contributed by atoms with Crippen LogP contribution in [0.1, 0.15) is 49.2 Å². The molecule has 2 amide bonds. The van der Waals surface area contributed by atoms with E-state index in [0.29, 0.717) is 22.9 Å². The van der Waals surface area contributed by atoms with Crippen LogP contribution in [0.25, 0.3) is 10.1 Å². The molecular formula is C28H33Cl2N3O4S2. The largest absolute Gasteiger partial charge is 0.354 e. The number of carbonyl (C=O) groups is 2. The van der Waals surface area contributed by atoms with Crippen LogP contribution in [0, 0.1) is 17.8 Å². The predicted octanol–water partition coefficient (Wildman–Crippen LogP) is 5.86. The van der Waals surface area contributed by atoms with Gasteiger partial charge in [0.25, 0.3) is 5.91 Å². The first-order valence-electron chi connectivity index (χ1n) is 13.1. The van der Waals surface area contributed by atoms with Gasteiger partial charge in [-0.3, -0.25) is 9.59 Å². The molecule has 1 saturated carbocycles. The van der Waals surface area contributed by atoms with Crippen molar-refractivity contribution in [2.24, 2.45) is 17.8 Å². The van der Waals surface area contributed by atoms with Gasteiger partial charge in [-0.2, -0.15) is 0 Å². The third kappa shape index (κ3) is 7.73. The second-order valence-corrected chi connectivity index (χ2v) is 14.1. The highest BCUT2D eigenvalue weighted by Crippen LogP contribution is 2.32. The third-order valence-corrected chi connectivity index (χ3v) is 10.3. The second-order valence-electron chi connectivity index (χ2n) is 10.4. The molecule has 0 saturated heterocycles. The van der Waals surface area contributed by atoms with Crippen molar-refractivity contribution in [3.8, 4) is 0 Å². The van der Waals surface area contributed by atoms with Crippen LogP contribution in [0.5, 0.6) is 0 Å². The first-order valence-corrected chi connectivity index (χ1v) is 16.1. The lowest BCUT2D eigenvalue weighted by molar-refractivity contribution is -0.123. The summed E-state index contributed by atoms with van der Waals surface area (Å²) in [5, 5.41) is 7.38. The van der Waals surface area contributed by atoms with E-state index in [-0.39, 0.29) is 46.0 Å². The van der Waals surface area contributed by atoms with Gasteiger partial charge in [-0.25, -0.2) is 13.1 Å². The van der Waals surface area contributed by atoms with Crippen molar-refractivity contribution in [3.05, 3.63) is 63.5 Å². The molecule has 1 aromatic heterocycles. The van der Waals surface area contributed by atoms with E-state index >= 15 is 0 Å². The summed E-state index contributed by atoms with van der Waals surface area (Å²) < 4.78 is 29.3. The Hall–Kier alpha value is -2.17. The normalized spacial score (nSPS) is 18.4. The van der Waals surface area contributed by atoms with Crippen molar-refractivity contribution in [1.82, 2.24) is 15.4 Å². The van der Waals surface area contributed by atoms with E-state index in [1.807, 2.05) is 44.2 Å². The lowest BCUT2D eigenvalue weighted by Crippen LogP contribution is -2.48. The molecule has 0 aliphatic heterocycles. The minimum absolute atomic E-state index is 0.0117. The molecule has 0 bridgehead atoms. The SMILES string of the molecule is CC(C)C[C@H](NC(=O)c1cc2ccccc2s1)C(=O)NCC1CCCC1CNS(=O)(=O)c1ccc(Cl)cc1Cl. The quantitative estimate of drug-likeness (QED) is 0.253. The minimum Gasteiger partial charge on any atom is -0.354 e. The summed E-state index contributed by atoms with van der Waals surface area (Å²) in [6, 6.07) is 13.3. The molecular weight excluding hydrogens is 577 g/mol. The molecule has 3 atom stereocenters. The van der Waals surface area contributed by atoms with Crippen molar-refractivity contribution >= 4 is 66.5 Å². The Balaban J connectivity index is 1.34. The number of hydrogen-bond acceptors (Lipinski definition) is 5. The Morgan fingerprint density at radius 2 is 1.74 bits per heavy atom. The zero-order chi connectivity index (χ0) is 28.2. The van der Waals surface area contributed by atoms with Gasteiger partial charge in [-0.1, -0.05) is 61.7 Å². The van der Waals surface area contributed by atoms with Gasteiger partial charge in [0.2, 0.25) is 15.9 Å². The number of rotatable bonds is 11. The highest BCUT2D eigenvalue weighted by Gasteiger charge is 2.31. The van der Waals surface area contributed by atoms with E-state index in [9.17, 15) is 18.0 Å². The van der Waals surface area contributed by atoms with Crippen LogP contribution < -0.4 is 15.4 Å². The van der Waals surface area contributed by atoms with Crippen LogP contribution in [-0.2, 0) is 14.8 Å². The molecule has 3 N–H and O–H groups in total. The number of thiophene rings is 1. The number of sulfonamides is 1. The van der Waals surface area contributed by atoms with E-state index < -0.39 is 16.1 Å². The smallest absolute Gasteiger partial charge is 0.262 e. The molecule has 4 rings (SSSR count). The molecule has 3 aromatic rings. The third-order valence-electron chi connectivity index (χ3n) is 7.05. The number of hydrogen-bond donors (Lipinski definition) is 3. The van der Waals surface area contributed by atoms with Gasteiger partial charge in [-0.15, -0.1) is 11.3 Å². The fourth-order valence-corrected chi connectivity index (χ4v) is 7.85. The summed E-state index contributed by atoms with van der Waals surface area (Å²) in [5.41, 5.74) is 0. The summed E-state index contributed by atoms with van der Waals surface area (Å²) in [6.07, 6.45) is 3.21. The average Bonchev–Trinajstić information content (AvgIpc) is 3.52. The van der Waals surface area contributed by atoms with Crippen LogP contribution in [-0.4, -0.2) is 39.4 Å². The molecule has 2 unspecified atom stereocenters. The van der Waals surface area contributed by atoms with Crippen LogP contribution in [0.3, 0.4) is 0 Å². The number of nitrogens with one attached hydrogen (secondary N) is 3. The van der Waals surface area contributed by atoms with Gasteiger partial charge < -0.3 is 10.6 Å². The number of fused-ring (bicyclic) bond motifs is 1. The average molecular weight is 611 g/mol. The topological polar surface area (TPSA) is 104 Å². The summed E-state index contributed by atoms with van der Waals surface area (Å²) in [4.78, 5) is 26.7. The molecule has 2 aromatic carbocycles. The maximum atomic E-state index is 13.2. The molecule has 11 heteroatoms. The maximum Gasteiger partial charge on any atom is 0.262 e. The first kappa shape index (κ1) is 29.8. The molecule has 0 spiro atoms. The van der Waals surface area contributed by atoms with E-state index in [0.717, 1.165) is 29.3 Å². The van der Waals surface area contributed by atoms with E-state index in [1.54, 1.807) is 0 Å². The Morgan fingerprint density at radius 3 is 2.44 bits per heavy atom. The molecule has 1 fully saturated rings. The molecule has 1 aliphatic rings. The Bertz CT molecular complexity index is 1410. The highest BCUT2D eigenvalue weighted by atomic mass is 35.5. The predicted molar refractivity (Wildman–Crippen MR) is 158 cm³/mol. The van der Waals surface area contributed by atoms with Gasteiger partial charge in [0, 0.05) is 22.8 Å². The summed E-state index contributed by atoms with van der Waals surface area (Å²) in [5.74, 6) is -0.0849. The monoisotopic (exact) mass is 609 g/mol. The Morgan fingerprint density at radius 1 is 1.03 bits per heavy atom. The molecule has 0 radical (unpaired) electrons. The van der Waals surface area contributed by atoms with Crippen LogP contribution in [0.2, 0.25) is 10.0 Å². The van der Waals surface area contributed by atoms with E-state index in [4.69, 9.17) is 23.2 Å². The fourth-order valence-electron chi connectivity index (χ4n) is 5.02. The number of amides is 2. The summed E-state index contributed by atoms with van der Waals surface area (Å²) >= 11 is 13.4. The maximum absolute atomic E-state index is 13.2. The van der Waals surface area contributed by atoms with E-state index in [2.05, 4.69) is 15.4 Å². The lowest BCUT2D eigenvalue weighted by Gasteiger charge is -2.24. The summed E-state index contributed by atoms with van der Waals surface area (Å²) in [7, 11) is -3.80. The van der Waals surface area contributed by atoms with Gasteiger partial charge in [0.1, 0.15) is 10.9 Å². The molecule has 1 aliphatic carbocycles. The van der Waals surface area contributed by atoms with Crippen molar-refractivity contribution in [3.63, 3.8) is 0 Å². The second kappa shape index (κ2) is 13.0. The van der Waals surface area contributed by atoms with Gasteiger partial charge in [0.05, 0.1) is 9.90 Å². The first-order chi connectivity index (χ1) is 18.5. The van der Waals surface area contributed by atoms with Crippen molar-refractivity contribution in [2.75, 3.05) is 13.1 Å². The highest BCUT2D eigenvalue weighted by molar-refractivity contribution is 7.89. The van der Waals surface area contributed by atoms with Crippen molar-refractivity contribution < 1.29 is 18.0 Å². The molecule has 1 heterocycles. The summed E-state index contributed by atoms with van der Waals surface area (Å²) in [6.45, 7) is 4.69. The molecule has 39 heavy (non-hydrogen) atoms. The Kier molecular flexibility index (Phi) is 9.93. The van der Waals surface area contributed by atoms with Crippen LogP contribution in [0.15, 0.2) is 53.4 Å². The zero-order valence-electron chi connectivity index (χ0n) is 21.9. The number of carbonyl (C=O) groups excluding carboxylic acids is 2. The van der Waals surface area contributed by atoms with Crippen molar-refractivity contribution in [2.45, 2.75) is 50.5 Å². The lowest BCUT2D eigenvalue weighted by atomic mass is 9.96. The van der Waals surface area contributed by atoms with Gasteiger partial charge in [0.15, 0.2) is 0 Å². The number of halogens is 2. The van der Waals surface area contributed by atoms with E-state index in [1.165, 1.54) is 29.5 Å². The molecule has 210 valence electrons. The fraction of sp³-hybridized carbons (Fsp3) is 0.429. The number of benzene rings is 2. The Labute approximate surface area is 243 Å². The van der Waals surface area contributed by atoms with Gasteiger partial charge >= 0.3 is 0 Å². The minimum atomic E-state index is -3.80.